The standard InChI is InChI=1S/C15H21N5O/c1-9-12(10(2)19-18-9)8-13(21)17-14(11-4-5-11)15-16-6-7-20(15)3/h6-7,11,14H,4-5,8H2,1-3H3,(H,17,21)(H,18,19)/t14-/m1/s1. The van der Waals surface area contributed by atoms with Crippen LogP contribution in [0.2, 0.25) is 0 Å². The first-order valence-electron chi connectivity index (χ1n) is 7.33. The SMILES string of the molecule is Cc1n[nH]c(C)c1CC(=O)N[C@@H](c1nccn1C)C1CC1. The minimum atomic E-state index is 0.0185. The molecule has 0 saturated heterocycles. The van der Waals surface area contributed by atoms with Crippen molar-refractivity contribution in [3.05, 3.63) is 35.2 Å². The van der Waals surface area contributed by atoms with Crippen LogP contribution in [-0.4, -0.2) is 25.7 Å². The number of aromatic amines is 1. The third-order valence-corrected chi connectivity index (χ3v) is 4.16. The van der Waals surface area contributed by atoms with Crippen molar-refractivity contribution in [2.24, 2.45) is 13.0 Å². The number of nitrogens with zero attached hydrogens (tertiary/aromatic N) is 3. The largest absolute Gasteiger partial charge is 0.346 e. The second-order valence-electron chi connectivity index (χ2n) is 5.87. The van der Waals surface area contributed by atoms with Gasteiger partial charge in [-0.25, -0.2) is 4.98 Å². The lowest BCUT2D eigenvalue weighted by atomic mass is 10.1. The molecule has 1 atom stereocenters. The van der Waals surface area contributed by atoms with Crippen molar-refractivity contribution < 1.29 is 4.79 Å². The smallest absolute Gasteiger partial charge is 0.225 e. The average Bonchev–Trinajstić information content (AvgIpc) is 3.14. The maximum atomic E-state index is 12.4. The molecule has 21 heavy (non-hydrogen) atoms. The minimum Gasteiger partial charge on any atom is -0.346 e. The van der Waals surface area contributed by atoms with E-state index in [4.69, 9.17) is 0 Å². The van der Waals surface area contributed by atoms with Gasteiger partial charge in [0.25, 0.3) is 0 Å². The number of hydrogen-bond donors (Lipinski definition) is 2. The number of rotatable bonds is 5. The van der Waals surface area contributed by atoms with Gasteiger partial charge in [-0.1, -0.05) is 0 Å². The summed E-state index contributed by atoms with van der Waals surface area (Å²) < 4.78 is 1.98. The van der Waals surface area contributed by atoms with Crippen LogP contribution in [0.25, 0.3) is 0 Å². The van der Waals surface area contributed by atoms with Gasteiger partial charge >= 0.3 is 0 Å². The molecule has 0 aliphatic heterocycles. The molecule has 0 bridgehead atoms. The number of aromatic nitrogens is 4. The Morgan fingerprint density at radius 1 is 1.52 bits per heavy atom. The fourth-order valence-electron chi connectivity index (χ4n) is 2.72. The second-order valence-corrected chi connectivity index (χ2v) is 5.87. The highest BCUT2D eigenvalue weighted by Crippen LogP contribution is 2.40. The van der Waals surface area contributed by atoms with E-state index in [0.29, 0.717) is 12.3 Å². The van der Waals surface area contributed by atoms with E-state index in [1.165, 1.54) is 0 Å². The number of nitrogens with one attached hydrogen (secondary N) is 2. The molecule has 1 saturated carbocycles. The van der Waals surface area contributed by atoms with E-state index in [2.05, 4.69) is 20.5 Å². The zero-order valence-electron chi connectivity index (χ0n) is 12.7. The van der Waals surface area contributed by atoms with Gasteiger partial charge in [0.15, 0.2) is 0 Å². The van der Waals surface area contributed by atoms with Crippen LogP contribution in [0, 0.1) is 19.8 Å². The van der Waals surface area contributed by atoms with Crippen molar-refractivity contribution in [2.45, 2.75) is 39.2 Å². The van der Waals surface area contributed by atoms with E-state index in [1.54, 1.807) is 6.20 Å². The number of H-pyrrole nitrogens is 1. The van der Waals surface area contributed by atoms with Gasteiger partial charge in [-0.3, -0.25) is 9.89 Å². The number of hydrogen-bond acceptors (Lipinski definition) is 3. The first-order chi connectivity index (χ1) is 10.1. The normalized spacial score (nSPS) is 16.0. The summed E-state index contributed by atoms with van der Waals surface area (Å²) in [6.45, 7) is 3.86. The molecule has 0 spiro atoms. The van der Waals surface area contributed by atoms with Crippen LogP contribution >= 0.6 is 0 Å². The highest BCUT2D eigenvalue weighted by molar-refractivity contribution is 5.79. The average molecular weight is 287 g/mol. The third kappa shape index (κ3) is 2.84. The monoisotopic (exact) mass is 287 g/mol. The Kier molecular flexibility index (Phi) is 3.53. The number of carbonyl (C=O) groups excluding carboxylic acids is 1. The summed E-state index contributed by atoms with van der Waals surface area (Å²) in [6, 6.07) is 0.0185. The maximum Gasteiger partial charge on any atom is 0.225 e. The van der Waals surface area contributed by atoms with E-state index in [0.717, 1.165) is 35.6 Å². The summed E-state index contributed by atoms with van der Waals surface area (Å²) in [7, 11) is 1.97. The van der Waals surface area contributed by atoms with E-state index < -0.39 is 0 Å². The summed E-state index contributed by atoms with van der Waals surface area (Å²) in [6.07, 6.45) is 6.37. The molecule has 0 aromatic carbocycles. The molecule has 6 nitrogen and oxygen atoms in total. The van der Waals surface area contributed by atoms with Crippen molar-refractivity contribution in [3.8, 4) is 0 Å². The van der Waals surface area contributed by atoms with E-state index in [-0.39, 0.29) is 11.9 Å². The Morgan fingerprint density at radius 3 is 2.81 bits per heavy atom. The van der Waals surface area contributed by atoms with Crippen LogP contribution < -0.4 is 5.32 Å². The third-order valence-electron chi connectivity index (χ3n) is 4.16. The fraction of sp³-hybridized carbons (Fsp3) is 0.533. The van der Waals surface area contributed by atoms with Crippen LogP contribution in [0.1, 0.15) is 41.7 Å². The van der Waals surface area contributed by atoms with Gasteiger partial charge in [0.1, 0.15) is 5.82 Å². The Morgan fingerprint density at radius 2 is 2.29 bits per heavy atom. The Hall–Kier alpha value is -2.11. The molecule has 2 aromatic rings. The zero-order valence-corrected chi connectivity index (χ0v) is 12.7. The minimum absolute atomic E-state index is 0.0185. The van der Waals surface area contributed by atoms with Crippen molar-refractivity contribution in [1.29, 1.82) is 0 Å². The van der Waals surface area contributed by atoms with Gasteiger partial charge < -0.3 is 9.88 Å². The van der Waals surface area contributed by atoms with Crippen molar-refractivity contribution in [3.63, 3.8) is 0 Å². The topological polar surface area (TPSA) is 75.6 Å². The quantitative estimate of drug-likeness (QED) is 0.876. The van der Waals surface area contributed by atoms with Gasteiger partial charge in [-0.2, -0.15) is 5.10 Å². The van der Waals surface area contributed by atoms with Crippen molar-refractivity contribution in [1.82, 2.24) is 25.1 Å². The Labute approximate surface area is 124 Å². The molecule has 6 heteroatoms. The summed E-state index contributed by atoms with van der Waals surface area (Å²) in [5.41, 5.74) is 2.84. The molecule has 0 radical (unpaired) electrons. The Bertz CT molecular complexity index is 633. The van der Waals surface area contributed by atoms with E-state index in [1.807, 2.05) is 31.7 Å². The second kappa shape index (κ2) is 5.35. The molecule has 1 aliphatic rings. The zero-order chi connectivity index (χ0) is 15.0. The molecular weight excluding hydrogens is 266 g/mol. The van der Waals surface area contributed by atoms with Crippen LogP contribution in [0.15, 0.2) is 12.4 Å². The van der Waals surface area contributed by atoms with Crippen LogP contribution in [-0.2, 0) is 18.3 Å². The molecule has 2 N–H and O–H groups in total. The van der Waals surface area contributed by atoms with E-state index >= 15 is 0 Å². The lowest BCUT2D eigenvalue weighted by molar-refractivity contribution is -0.121. The van der Waals surface area contributed by atoms with Crippen LogP contribution in [0.4, 0.5) is 0 Å². The van der Waals surface area contributed by atoms with Crippen LogP contribution in [0.3, 0.4) is 0 Å². The molecule has 1 fully saturated rings. The molecule has 2 aromatic heterocycles. The lowest BCUT2D eigenvalue weighted by Gasteiger charge is -2.18. The highest BCUT2D eigenvalue weighted by atomic mass is 16.1. The summed E-state index contributed by atoms with van der Waals surface area (Å²) >= 11 is 0. The molecule has 2 heterocycles. The summed E-state index contributed by atoms with van der Waals surface area (Å²) in [5.74, 6) is 1.48. The molecule has 1 aliphatic carbocycles. The number of aryl methyl sites for hydroxylation is 3. The molecule has 3 rings (SSSR count). The van der Waals surface area contributed by atoms with Gasteiger partial charge in [-0.05, 0) is 32.6 Å². The maximum absolute atomic E-state index is 12.4. The summed E-state index contributed by atoms with van der Waals surface area (Å²) in [4.78, 5) is 16.8. The van der Waals surface area contributed by atoms with Gasteiger partial charge in [0, 0.05) is 30.7 Å². The summed E-state index contributed by atoms with van der Waals surface area (Å²) in [5, 5.41) is 10.2. The van der Waals surface area contributed by atoms with Gasteiger partial charge in [0.05, 0.1) is 18.2 Å². The van der Waals surface area contributed by atoms with E-state index in [9.17, 15) is 4.79 Å². The van der Waals surface area contributed by atoms with Gasteiger partial charge in [0.2, 0.25) is 5.91 Å². The predicted molar refractivity (Wildman–Crippen MR) is 78.6 cm³/mol. The van der Waals surface area contributed by atoms with Gasteiger partial charge in [-0.15, -0.1) is 0 Å². The number of carbonyl (C=O) groups is 1. The first kappa shape index (κ1) is 13.9. The van der Waals surface area contributed by atoms with Crippen molar-refractivity contribution >= 4 is 5.91 Å². The van der Waals surface area contributed by atoms with Crippen molar-refractivity contribution in [2.75, 3.05) is 0 Å². The number of imidazole rings is 1. The fourth-order valence-corrected chi connectivity index (χ4v) is 2.72. The van der Waals surface area contributed by atoms with Crippen LogP contribution in [0.5, 0.6) is 0 Å². The predicted octanol–water partition coefficient (Wildman–Crippen LogP) is 1.57. The highest BCUT2D eigenvalue weighted by Gasteiger charge is 2.35. The molecule has 112 valence electrons. The molecular formula is C15H21N5O. The Balaban J connectivity index is 1.72. The number of amides is 1. The molecule has 1 amide bonds. The first-order valence-corrected chi connectivity index (χ1v) is 7.33. The molecule has 0 unspecified atom stereocenters. The lowest BCUT2D eigenvalue weighted by Crippen LogP contribution is -2.33.